The minimum atomic E-state index is -0.251. The van der Waals surface area contributed by atoms with Gasteiger partial charge in [0.25, 0.3) is 0 Å². The van der Waals surface area contributed by atoms with Crippen LogP contribution in [-0.2, 0) is 16.1 Å². The lowest BCUT2D eigenvalue weighted by Gasteiger charge is -2.35. The summed E-state index contributed by atoms with van der Waals surface area (Å²) >= 11 is 0. The van der Waals surface area contributed by atoms with Gasteiger partial charge in [-0.15, -0.1) is 24.0 Å². The highest BCUT2D eigenvalue weighted by atomic mass is 127. The van der Waals surface area contributed by atoms with E-state index in [1.54, 1.807) is 0 Å². The average molecular weight is 569 g/mol. The van der Waals surface area contributed by atoms with E-state index in [9.17, 15) is 9.18 Å². The molecule has 1 unspecified atom stereocenters. The fourth-order valence-electron chi connectivity index (χ4n) is 3.57. The third-order valence-electron chi connectivity index (χ3n) is 5.26. The summed E-state index contributed by atoms with van der Waals surface area (Å²) in [7, 11) is 0. The van der Waals surface area contributed by atoms with Gasteiger partial charge in [-0.2, -0.15) is 0 Å². The lowest BCUT2D eigenvalue weighted by molar-refractivity contribution is -0.119. The first kappa shape index (κ1) is 27.0. The molecule has 0 bridgehead atoms. The summed E-state index contributed by atoms with van der Waals surface area (Å²) in [6.45, 7) is 6.69. The zero-order chi connectivity index (χ0) is 22.6. The van der Waals surface area contributed by atoms with E-state index < -0.39 is 0 Å². The third kappa shape index (κ3) is 9.26. The number of benzene rings is 2. The van der Waals surface area contributed by atoms with Crippen molar-refractivity contribution < 1.29 is 13.9 Å². The average Bonchev–Trinajstić information content (AvgIpc) is 2.83. The van der Waals surface area contributed by atoms with Crippen molar-refractivity contribution in [3.8, 4) is 0 Å². The highest BCUT2D eigenvalue weighted by molar-refractivity contribution is 14.0. The van der Waals surface area contributed by atoms with E-state index in [0.717, 1.165) is 24.2 Å². The van der Waals surface area contributed by atoms with Crippen molar-refractivity contribution in [2.24, 2.45) is 4.99 Å². The van der Waals surface area contributed by atoms with E-state index in [2.05, 4.69) is 25.8 Å². The number of hydrogen-bond donors (Lipinski definition) is 3. The summed E-state index contributed by atoms with van der Waals surface area (Å²) in [5.41, 5.74) is 2.07. The number of amides is 1. The van der Waals surface area contributed by atoms with Crippen LogP contribution in [0.1, 0.15) is 24.1 Å². The van der Waals surface area contributed by atoms with Gasteiger partial charge in [0.05, 0.1) is 19.3 Å². The first-order valence-electron chi connectivity index (χ1n) is 11.1. The van der Waals surface area contributed by atoms with Crippen LogP contribution in [0.3, 0.4) is 0 Å². The van der Waals surface area contributed by atoms with Crippen LogP contribution in [0.25, 0.3) is 0 Å². The summed E-state index contributed by atoms with van der Waals surface area (Å²) in [4.78, 5) is 19.0. The number of hydrogen-bond acceptors (Lipinski definition) is 4. The smallest absolute Gasteiger partial charge is 0.242 e. The number of halogens is 2. The van der Waals surface area contributed by atoms with E-state index in [0.29, 0.717) is 38.8 Å². The minimum Gasteiger partial charge on any atom is -0.379 e. The van der Waals surface area contributed by atoms with Crippen molar-refractivity contribution >= 4 is 35.8 Å². The number of carbonyl (C=O) groups excluding carboxylic acids is 1. The molecule has 1 atom stereocenters. The summed E-state index contributed by atoms with van der Waals surface area (Å²) in [6.07, 6.45) is 0. The van der Waals surface area contributed by atoms with Crippen LogP contribution < -0.4 is 16.0 Å². The Morgan fingerprint density at radius 2 is 1.76 bits per heavy atom. The quantitative estimate of drug-likeness (QED) is 0.246. The van der Waals surface area contributed by atoms with E-state index in [4.69, 9.17) is 4.74 Å². The van der Waals surface area contributed by atoms with E-state index >= 15 is 0 Å². The molecule has 1 heterocycles. The van der Waals surface area contributed by atoms with Crippen LogP contribution in [0.4, 0.5) is 4.39 Å². The molecule has 3 N–H and O–H groups in total. The SMILES string of the molecule is CCNC(=NCC(=O)NCc1ccccc1)NCC(c1ccc(F)cc1)N1CCOCC1.I. The standard InChI is InChI=1S/C24H32FN5O2.HI/c1-2-26-24(29-18-23(31)27-16-19-6-4-3-5-7-19)28-17-22(30-12-14-32-15-13-30)20-8-10-21(25)11-9-20;/h3-11,22H,2,12-18H2,1H3,(H,27,31)(H2,26,28,29);1H. The summed E-state index contributed by atoms with van der Waals surface area (Å²) in [6, 6.07) is 16.4. The molecule has 2 aromatic rings. The Morgan fingerprint density at radius 3 is 2.42 bits per heavy atom. The minimum absolute atomic E-state index is 0. The number of guanidine groups is 1. The predicted octanol–water partition coefficient (Wildman–Crippen LogP) is 2.69. The van der Waals surface area contributed by atoms with Gasteiger partial charge < -0.3 is 20.7 Å². The molecular weight excluding hydrogens is 536 g/mol. The molecule has 1 aliphatic heterocycles. The number of nitrogens with one attached hydrogen (secondary N) is 3. The molecule has 180 valence electrons. The maximum atomic E-state index is 13.4. The molecule has 9 heteroatoms. The Balaban J connectivity index is 0.00000385. The second-order valence-corrected chi connectivity index (χ2v) is 7.55. The normalized spacial score (nSPS) is 15.3. The fourth-order valence-corrected chi connectivity index (χ4v) is 3.57. The van der Waals surface area contributed by atoms with Gasteiger partial charge in [-0.05, 0) is 30.2 Å². The molecule has 0 aliphatic carbocycles. The molecule has 33 heavy (non-hydrogen) atoms. The summed E-state index contributed by atoms with van der Waals surface area (Å²) in [5, 5.41) is 9.41. The molecule has 0 spiro atoms. The first-order valence-corrected chi connectivity index (χ1v) is 11.1. The van der Waals surface area contributed by atoms with Gasteiger partial charge in [0.1, 0.15) is 12.4 Å². The van der Waals surface area contributed by atoms with Crippen molar-refractivity contribution in [1.82, 2.24) is 20.9 Å². The van der Waals surface area contributed by atoms with Gasteiger partial charge >= 0.3 is 0 Å². The molecule has 1 aliphatic rings. The highest BCUT2D eigenvalue weighted by Crippen LogP contribution is 2.21. The van der Waals surface area contributed by atoms with Crippen LogP contribution in [0, 0.1) is 5.82 Å². The number of ether oxygens (including phenoxy) is 1. The third-order valence-corrected chi connectivity index (χ3v) is 5.26. The van der Waals surface area contributed by atoms with E-state index in [1.165, 1.54) is 12.1 Å². The van der Waals surface area contributed by atoms with Gasteiger partial charge in [0, 0.05) is 32.7 Å². The summed E-state index contributed by atoms with van der Waals surface area (Å²) < 4.78 is 18.9. The van der Waals surface area contributed by atoms with Gasteiger partial charge in [0.15, 0.2) is 5.96 Å². The zero-order valence-corrected chi connectivity index (χ0v) is 21.3. The molecule has 0 saturated carbocycles. The van der Waals surface area contributed by atoms with Crippen molar-refractivity contribution in [3.63, 3.8) is 0 Å². The number of nitrogens with zero attached hydrogens (tertiary/aromatic N) is 2. The molecular formula is C24H33FIN5O2. The maximum Gasteiger partial charge on any atom is 0.242 e. The fraction of sp³-hybridized carbons (Fsp3) is 0.417. The molecule has 1 saturated heterocycles. The van der Waals surface area contributed by atoms with Crippen molar-refractivity contribution in [1.29, 1.82) is 0 Å². The molecule has 0 aromatic heterocycles. The molecule has 3 rings (SSSR count). The van der Waals surface area contributed by atoms with Crippen LogP contribution in [0.5, 0.6) is 0 Å². The number of carbonyl (C=O) groups is 1. The van der Waals surface area contributed by atoms with Crippen LogP contribution in [0.2, 0.25) is 0 Å². The largest absolute Gasteiger partial charge is 0.379 e. The Hall–Kier alpha value is -2.24. The highest BCUT2D eigenvalue weighted by Gasteiger charge is 2.23. The first-order chi connectivity index (χ1) is 15.7. The lowest BCUT2D eigenvalue weighted by atomic mass is 10.0. The number of morpholine rings is 1. The Bertz CT molecular complexity index is 861. The Morgan fingerprint density at radius 1 is 1.06 bits per heavy atom. The number of rotatable bonds is 9. The topological polar surface area (TPSA) is 78.0 Å². The molecule has 0 radical (unpaired) electrons. The van der Waals surface area contributed by atoms with Gasteiger partial charge in [-0.1, -0.05) is 42.5 Å². The monoisotopic (exact) mass is 569 g/mol. The van der Waals surface area contributed by atoms with Crippen molar-refractivity contribution in [3.05, 3.63) is 71.5 Å². The molecule has 1 amide bonds. The number of aliphatic imine (C=N–C) groups is 1. The molecule has 7 nitrogen and oxygen atoms in total. The van der Waals surface area contributed by atoms with Gasteiger partial charge in [-0.3, -0.25) is 9.69 Å². The van der Waals surface area contributed by atoms with E-state index in [-0.39, 0.29) is 48.3 Å². The Kier molecular flexibility index (Phi) is 12.1. The van der Waals surface area contributed by atoms with E-state index in [1.807, 2.05) is 49.4 Å². The second kappa shape index (κ2) is 14.8. The predicted molar refractivity (Wildman–Crippen MR) is 139 cm³/mol. The molecule has 2 aromatic carbocycles. The van der Waals surface area contributed by atoms with Crippen LogP contribution in [-0.4, -0.2) is 62.7 Å². The van der Waals surface area contributed by atoms with Crippen LogP contribution in [0.15, 0.2) is 59.6 Å². The van der Waals surface area contributed by atoms with Gasteiger partial charge in [-0.25, -0.2) is 9.38 Å². The van der Waals surface area contributed by atoms with Crippen molar-refractivity contribution in [2.45, 2.75) is 19.5 Å². The lowest BCUT2D eigenvalue weighted by Crippen LogP contribution is -2.46. The zero-order valence-electron chi connectivity index (χ0n) is 18.9. The van der Waals surface area contributed by atoms with Crippen LogP contribution >= 0.6 is 24.0 Å². The van der Waals surface area contributed by atoms with Crippen molar-refractivity contribution in [2.75, 3.05) is 45.9 Å². The molecule has 1 fully saturated rings. The maximum absolute atomic E-state index is 13.4. The second-order valence-electron chi connectivity index (χ2n) is 7.55. The summed E-state index contributed by atoms with van der Waals surface area (Å²) in [5.74, 6) is 0.177. The van der Waals surface area contributed by atoms with Gasteiger partial charge in [0.2, 0.25) is 5.91 Å². The Labute approximate surface area is 212 Å².